The van der Waals surface area contributed by atoms with Crippen LogP contribution in [0.2, 0.25) is 0 Å². The summed E-state index contributed by atoms with van der Waals surface area (Å²) in [5.74, 6) is 1.13. The summed E-state index contributed by atoms with van der Waals surface area (Å²) < 4.78 is 0. The minimum Gasteiger partial charge on any atom is -0.480 e. The first-order valence-corrected chi connectivity index (χ1v) is 6.59. The summed E-state index contributed by atoms with van der Waals surface area (Å²) in [4.78, 5) is 27.0. The number of carbonyl (C=O) groups is 2. The van der Waals surface area contributed by atoms with Crippen molar-refractivity contribution in [3.63, 3.8) is 0 Å². The molecular weight excluding hydrogens is 270 g/mol. The molecule has 0 fully saturated rings. The molecule has 1 atom stereocenters. The van der Waals surface area contributed by atoms with E-state index < -0.39 is 18.0 Å². The van der Waals surface area contributed by atoms with E-state index in [0.717, 1.165) is 11.4 Å². The van der Waals surface area contributed by atoms with Gasteiger partial charge in [0.05, 0.1) is 11.4 Å². The summed E-state index contributed by atoms with van der Waals surface area (Å²) >= 11 is 0. The lowest BCUT2D eigenvalue weighted by atomic mass is 10.1. The Hall–Kier alpha value is -2.68. The van der Waals surface area contributed by atoms with Gasteiger partial charge in [-0.3, -0.25) is 4.90 Å². The smallest absolute Gasteiger partial charge is 0.327 e. The summed E-state index contributed by atoms with van der Waals surface area (Å²) in [6.45, 7) is 1.17. The monoisotopic (exact) mass is 287 g/mol. The van der Waals surface area contributed by atoms with Gasteiger partial charge in [0.2, 0.25) is 0 Å². The van der Waals surface area contributed by atoms with Crippen molar-refractivity contribution in [1.82, 2.24) is 5.32 Å². The number of aliphatic carboxylic acids is 1. The molecule has 1 aliphatic heterocycles. The first kappa shape index (κ1) is 14.7. The normalized spacial score (nSPS) is 14.9. The average Bonchev–Trinajstić information content (AvgIpc) is 2.47. The number of carbonyl (C=O) groups excluding carboxylic acids is 1. The third-order valence-corrected chi connectivity index (χ3v) is 3.41. The molecular formula is C15H17N3O3. The van der Waals surface area contributed by atoms with Crippen LogP contribution in [0.15, 0.2) is 24.3 Å². The summed E-state index contributed by atoms with van der Waals surface area (Å²) in [5, 5.41) is 11.5. The van der Waals surface area contributed by atoms with E-state index in [1.807, 2.05) is 31.3 Å². The van der Waals surface area contributed by atoms with Crippen molar-refractivity contribution in [2.24, 2.45) is 0 Å². The number of hydrogen-bond acceptors (Lipinski definition) is 3. The summed E-state index contributed by atoms with van der Waals surface area (Å²) in [5.41, 5.74) is 1.69. The van der Waals surface area contributed by atoms with Crippen LogP contribution < -0.4 is 15.1 Å². The number of carboxylic acids is 1. The third-order valence-electron chi connectivity index (χ3n) is 3.41. The van der Waals surface area contributed by atoms with E-state index in [4.69, 9.17) is 11.5 Å². The van der Waals surface area contributed by atoms with Crippen LogP contribution in [0.25, 0.3) is 0 Å². The van der Waals surface area contributed by atoms with Gasteiger partial charge in [-0.05, 0) is 12.1 Å². The predicted molar refractivity (Wildman–Crippen MR) is 80.5 cm³/mol. The van der Waals surface area contributed by atoms with Crippen molar-refractivity contribution in [1.29, 1.82) is 0 Å². The lowest BCUT2D eigenvalue weighted by molar-refractivity contribution is -0.139. The Kier molecular flexibility index (Phi) is 4.33. The van der Waals surface area contributed by atoms with Crippen LogP contribution in [0, 0.1) is 12.3 Å². The molecule has 2 N–H and O–H groups in total. The summed E-state index contributed by atoms with van der Waals surface area (Å²) in [6, 6.07) is 5.98. The zero-order chi connectivity index (χ0) is 15.4. The summed E-state index contributed by atoms with van der Waals surface area (Å²) in [7, 11) is 1.95. The van der Waals surface area contributed by atoms with Gasteiger partial charge in [-0.1, -0.05) is 12.1 Å². The molecule has 0 saturated heterocycles. The maximum Gasteiger partial charge on any atom is 0.327 e. The zero-order valence-electron chi connectivity index (χ0n) is 11.7. The Morgan fingerprint density at radius 3 is 2.67 bits per heavy atom. The zero-order valence-corrected chi connectivity index (χ0v) is 11.7. The Bertz CT molecular complexity index is 594. The van der Waals surface area contributed by atoms with E-state index >= 15 is 0 Å². The Labute approximate surface area is 123 Å². The standard InChI is InChI=1S/C15H17N3O3/c1-3-6-11(14(19)20)16-15(21)18-10-9-17(2)12-7-4-5-8-13(12)18/h1,4-5,7-8,11H,6,9-10H2,2H3,(H,16,21)(H,19,20). The van der Waals surface area contributed by atoms with E-state index in [2.05, 4.69) is 16.1 Å². The highest BCUT2D eigenvalue weighted by molar-refractivity contribution is 5.98. The fraction of sp³-hybridized carbons (Fsp3) is 0.333. The molecule has 0 aromatic heterocycles. The van der Waals surface area contributed by atoms with Crippen molar-refractivity contribution in [3.05, 3.63) is 24.3 Å². The minimum absolute atomic E-state index is 0.0452. The minimum atomic E-state index is -1.14. The highest BCUT2D eigenvalue weighted by Gasteiger charge is 2.27. The van der Waals surface area contributed by atoms with Crippen LogP contribution >= 0.6 is 0 Å². The molecule has 1 heterocycles. The average molecular weight is 287 g/mol. The molecule has 6 nitrogen and oxygen atoms in total. The number of rotatable bonds is 3. The first-order valence-electron chi connectivity index (χ1n) is 6.59. The molecule has 21 heavy (non-hydrogen) atoms. The highest BCUT2D eigenvalue weighted by atomic mass is 16.4. The molecule has 2 rings (SSSR count). The van der Waals surface area contributed by atoms with Crippen LogP contribution in [0.1, 0.15) is 6.42 Å². The van der Waals surface area contributed by atoms with Crippen LogP contribution in [0.3, 0.4) is 0 Å². The number of nitrogens with zero attached hydrogens (tertiary/aromatic N) is 2. The Morgan fingerprint density at radius 1 is 1.38 bits per heavy atom. The number of anilines is 2. The van der Waals surface area contributed by atoms with Crippen molar-refractivity contribution in [2.75, 3.05) is 29.9 Å². The van der Waals surface area contributed by atoms with Crippen molar-refractivity contribution in [2.45, 2.75) is 12.5 Å². The number of benzene rings is 1. The van der Waals surface area contributed by atoms with Crippen LogP contribution in [0.5, 0.6) is 0 Å². The second kappa shape index (κ2) is 6.18. The molecule has 0 saturated carbocycles. The fourth-order valence-electron chi connectivity index (χ4n) is 2.26. The number of nitrogens with one attached hydrogen (secondary N) is 1. The van der Waals surface area contributed by atoms with E-state index in [1.165, 1.54) is 0 Å². The molecule has 1 aliphatic rings. The number of amides is 2. The van der Waals surface area contributed by atoms with Gasteiger partial charge >= 0.3 is 12.0 Å². The van der Waals surface area contributed by atoms with E-state index in [9.17, 15) is 9.59 Å². The van der Waals surface area contributed by atoms with Crippen molar-refractivity contribution < 1.29 is 14.7 Å². The van der Waals surface area contributed by atoms with Crippen LogP contribution in [-0.4, -0.2) is 43.3 Å². The number of likely N-dealkylation sites (N-methyl/N-ethyl adjacent to an activating group) is 1. The molecule has 0 radical (unpaired) electrons. The topological polar surface area (TPSA) is 72.9 Å². The molecule has 0 bridgehead atoms. The number of fused-ring (bicyclic) bond motifs is 1. The number of terminal acetylenes is 1. The van der Waals surface area contributed by atoms with Crippen LogP contribution in [0.4, 0.5) is 16.2 Å². The van der Waals surface area contributed by atoms with Crippen molar-refractivity contribution in [3.8, 4) is 12.3 Å². The Morgan fingerprint density at radius 2 is 2.05 bits per heavy atom. The fourth-order valence-corrected chi connectivity index (χ4v) is 2.26. The maximum absolute atomic E-state index is 12.3. The van der Waals surface area contributed by atoms with Gasteiger partial charge in [0, 0.05) is 26.6 Å². The van der Waals surface area contributed by atoms with Gasteiger partial charge < -0.3 is 15.3 Å². The Balaban J connectivity index is 2.19. The van der Waals surface area contributed by atoms with Gasteiger partial charge in [0.15, 0.2) is 0 Å². The van der Waals surface area contributed by atoms with E-state index in [1.54, 1.807) is 4.90 Å². The summed E-state index contributed by atoms with van der Waals surface area (Å²) in [6.07, 6.45) is 5.09. The molecule has 110 valence electrons. The number of para-hydroxylation sites is 2. The van der Waals surface area contributed by atoms with Gasteiger partial charge in [0.25, 0.3) is 0 Å². The highest BCUT2D eigenvalue weighted by Crippen LogP contribution is 2.31. The van der Waals surface area contributed by atoms with E-state index in [-0.39, 0.29) is 6.42 Å². The molecule has 0 aliphatic carbocycles. The van der Waals surface area contributed by atoms with Gasteiger partial charge in [-0.25, -0.2) is 9.59 Å². The number of hydrogen-bond donors (Lipinski definition) is 2. The van der Waals surface area contributed by atoms with Crippen molar-refractivity contribution >= 4 is 23.4 Å². The quantitative estimate of drug-likeness (QED) is 0.817. The number of urea groups is 1. The predicted octanol–water partition coefficient (Wildman–Crippen LogP) is 1.13. The number of carboxylic acid groups (broad SMARTS) is 1. The molecule has 2 amide bonds. The molecule has 1 aromatic carbocycles. The van der Waals surface area contributed by atoms with Crippen LogP contribution in [-0.2, 0) is 4.79 Å². The molecule has 0 spiro atoms. The third kappa shape index (κ3) is 3.08. The molecule has 1 unspecified atom stereocenters. The first-order chi connectivity index (χ1) is 10.0. The molecule has 6 heteroatoms. The van der Waals surface area contributed by atoms with E-state index in [0.29, 0.717) is 13.1 Å². The van der Waals surface area contributed by atoms with Gasteiger partial charge in [-0.15, -0.1) is 12.3 Å². The van der Waals surface area contributed by atoms with Gasteiger partial charge in [0.1, 0.15) is 6.04 Å². The molecule has 1 aromatic rings. The lowest BCUT2D eigenvalue weighted by Gasteiger charge is -2.35. The lowest BCUT2D eigenvalue weighted by Crippen LogP contribution is -2.51. The second-order valence-electron chi connectivity index (χ2n) is 4.81. The second-order valence-corrected chi connectivity index (χ2v) is 4.81. The maximum atomic E-state index is 12.3. The largest absolute Gasteiger partial charge is 0.480 e. The SMILES string of the molecule is C#CCC(NC(=O)N1CCN(C)c2ccccc21)C(=O)O. The van der Waals surface area contributed by atoms with Gasteiger partial charge in [-0.2, -0.15) is 0 Å².